The number of benzene rings is 1. The number of likely N-dealkylation sites (N-methyl/N-ethyl adjacent to an activating group) is 1. The first-order valence-electron chi connectivity index (χ1n) is 14.8. The Bertz CT molecular complexity index is 1110. The third-order valence-corrected chi connectivity index (χ3v) is 9.46. The second kappa shape index (κ2) is 11.6. The van der Waals surface area contributed by atoms with Crippen LogP contribution in [0.1, 0.15) is 89.2 Å². The Morgan fingerprint density at radius 2 is 1.89 bits per heavy atom. The van der Waals surface area contributed by atoms with Crippen LogP contribution in [0, 0.1) is 12.0 Å². The molecule has 5 rings (SSSR count). The summed E-state index contributed by atoms with van der Waals surface area (Å²) in [5, 5.41) is 6.26. The van der Waals surface area contributed by atoms with Crippen LogP contribution < -0.4 is 10.6 Å². The zero-order valence-electron chi connectivity index (χ0n) is 23.6. The topological polar surface area (TPSA) is 52.0 Å². The van der Waals surface area contributed by atoms with E-state index in [4.69, 9.17) is 6.57 Å². The fourth-order valence-electron chi connectivity index (χ4n) is 6.73. The van der Waals surface area contributed by atoms with E-state index in [2.05, 4.69) is 70.3 Å². The van der Waals surface area contributed by atoms with Crippen LogP contribution in [0.15, 0.2) is 36.2 Å². The first-order chi connectivity index (χ1) is 18.3. The number of carbonyl (C=O) groups excluding carboxylic acids is 1. The first kappa shape index (κ1) is 27.0. The normalized spacial score (nSPS) is 28.1. The fourth-order valence-corrected chi connectivity index (χ4v) is 6.73. The molecule has 2 N–H and O–H groups in total. The third kappa shape index (κ3) is 6.16. The van der Waals surface area contributed by atoms with Gasteiger partial charge >= 0.3 is 0 Å². The summed E-state index contributed by atoms with van der Waals surface area (Å²) in [6.45, 7) is 20.2. The van der Waals surface area contributed by atoms with Crippen molar-refractivity contribution < 1.29 is 4.79 Å². The minimum atomic E-state index is -0.375. The second-order valence-corrected chi connectivity index (χ2v) is 12.5. The van der Waals surface area contributed by atoms with Crippen LogP contribution >= 0.6 is 0 Å². The molecule has 2 fully saturated rings. The Labute approximate surface area is 229 Å². The fraction of sp³-hybridized carbons (Fsp3) is 0.625. The lowest BCUT2D eigenvalue weighted by Gasteiger charge is -2.42. The zero-order chi connectivity index (χ0) is 26.7. The molecular weight excluding hydrogens is 470 g/mol. The summed E-state index contributed by atoms with van der Waals surface area (Å²) in [5.41, 5.74) is 5.23. The van der Waals surface area contributed by atoms with Gasteiger partial charge in [0.15, 0.2) is 6.04 Å². The monoisotopic (exact) mass is 515 g/mol. The lowest BCUT2D eigenvalue weighted by molar-refractivity contribution is -0.117. The number of nitrogens with one attached hydrogen (secondary N) is 2. The maximum absolute atomic E-state index is 13.1. The lowest BCUT2D eigenvalue weighted by Crippen LogP contribution is -2.50. The van der Waals surface area contributed by atoms with E-state index in [1.807, 2.05) is 6.08 Å². The minimum Gasteiger partial charge on any atom is -0.365 e. The number of carbonyl (C=O) groups is 1. The number of piperazine rings is 1. The van der Waals surface area contributed by atoms with Crippen LogP contribution in [0.4, 0.5) is 5.69 Å². The van der Waals surface area contributed by atoms with E-state index < -0.39 is 0 Å². The third-order valence-electron chi connectivity index (χ3n) is 9.46. The van der Waals surface area contributed by atoms with Gasteiger partial charge in [-0.05, 0) is 86.1 Å². The van der Waals surface area contributed by atoms with Crippen molar-refractivity contribution in [1.82, 2.24) is 15.1 Å². The van der Waals surface area contributed by atoms with Gasteiger partial charge in [0.2, 0.25) is 5.82 Å². The molecule has 1 aromatic carbocycles. The van der Waals surface area contributed by atoms with Crippen LogP contribution in [0.3, 0.4) is 0 Å². The molecule has 2 aliphatic heterocycles. The summed E-state index contributed by atoms with van der Waals surface area (Å²) in [7, 11) is 0. The van der Waals surface area contributed by atoms with Gasteiger partial charge in [0.05, 0.1) is 0 Å². The molecular formula is C32H45N5O. The first-order valence-corrected chi connectivity index (χ1v) is 14.8. The number of allylic oxidation sites excluding steroid dienone is 2. The van der Waals surface area contributed by atoms with Crippen LogP contribution in [0.25, 0.3) is 10.4 Å². The van der Waals surface area contributed by atoms with Gasteiger partial charge in [-0.25, -0.2) is 0 Å². The summed E-state index contributed by atoms with van der Waals surface area (Å²) in [5.74, 6) is 1.00. The molecule has 0 radical (unpaired) electrons. The van der Waals surface area contributed by atoms with E-state index in [1.165, 1.54) is 75.1 Å². The molecule has 1 unspecified atom stereocenters. The van der Waals surface area contributed by atoms with Gasteiger partial charge in [0.25, 0.3) is 5.91 Å². The molecule has 6 heteroatoms. The predicted octanol–water partition coefficient (Wildman–Crippen LogP) is 6.00. The number of rotatable bonds is 6. The second-order valence-electron chi connectivity index (χ2n) is 12.5. The van der Waals surface area contributed by atoms with Crippen LogP contribution in [0.2, 0.25) is 0 Å². The Kier molecular flexibility index (Phi) is 8.26. The summed E-state index contributed by atoms with van der Waals surface area (Å²) < 4.78 is 0. The number of amides is 1. The van der Waals surface area contributed by atoms with E-state index in [9.17, 15) is 4.79 Å². The zero-order valence-corrected chi connectivity index (χ0v) is 23.6. The van der Waals surface area contributed by atoms with Crippen molar-refractivity contribution >= 4 is 17.2 Å². The smallest absolute Gasteiger partial charge is 0.268 e. The maximum atomic E-state index is 13.1. The molecule has 1 saturated carbocycles. The lowest BCUT2D eigenvalue weighted by atomic mass is 9.76. The minimum absolute atomic E-state index is 0.0608. The van der Waals surface area contributed by atoms with Crippen molar-refractivity contribution in [3.8, 4) is 0 Å². The molecule has 6 nitrogen and oxygen atoms in total. The molecule has 2 aliphatic carbocycles. The summed E-state index contributed by atoms with van der Waals surface area (Å²) in [6, 6.07) is 7.13. The molecule has 2 heterocycles. The Morgan fingerprint density at radius 1 is 1.13 bits per heavy atom. The van der Waals surface area contributed by atoms with Gasteiger partial charge in [-0.1, -0.05) is 45.6 Å². The quantitative estimate of drug-likeness (QED) is 0.456. The standard InChI is InChI=1S/C32H45N5O/c1-5-36-18-20-37(21-19-36)26-9-6-23(7-10-26)25-8-11-28(35-31(38)29-12-13-30(33-4)34-29)27(22-25)24-14-16-32(2,3)17-15-24/h8,11,13-14,22-23,26,29,34H,5-7,9-10,12,15-21H2,1-3H3,(H,35,38). The largest absolute Gasteiger partial charge is 0.365 e. The van der Waals surface area contributed by atoms with Gasteiger partial charge in [0.1, 0.15) is 0 Å². The van der Waals surface area contributed by atoms with Crippen LogP contribution in [-0.4, -0.2) is 60.5 Å². The molecule has 1 aromatic rings. The average Bonchev–Trinajstić information content (AvgIpc) is 3.43. The van der Waals surface area contributed by atoms with E-state index >= 15 is 0 Å². The highest BCUT2D eigenvalue weighted by Crippen LogP contribution is 2.42. The molecule has 4 aliphatic rings. The highest BCUT2D eigenvalue weighted by Gasteiger charge is 2.31. The number of hydrogen-bond acceptors (Lipinski definition) is 4. The summed E-state index contributed by atoms with van der Waals surface area (Å²) in [4.78, 5) is 21.8. The molecule has 204 valence electrons. The van der Waals surface area contributed by atoms with Crippen molar-refractivity contribution in [2.45, 2.75) is 90.1 Å². The Hall–Kier alpha value is -2.62. The van der Waals surface area contributed by atoms with E-state index in [0.29, 0.717) is 23.6 Å². The molecule has 0 bridgehead atoms. The summed E-state index contributed by atoms with van der Waals surface area (Å²) in [6.07, 6.45) is 13.1. The maximum Gasteiger partial charge on any atom is 0.268 e. The highest BCUT2D eigenvalue weighted by molar-refractivity contribution is 5.98. The highest BCUT2D eigenvalue weighted by atomic mass is 16.2. The predicted molar refractivity (Wildman–Crippen MR) is 156 cm³/mol. The van der Waals surface area contributed by atoms with Crippen molar-refractivity contribution in [3.63, 3.8) is 0 Å². The molecule has 1 atom stereocenters. The molecule has 0 aromatic heterocycles. The van der Waals surface area contributed by atoms with E-state index in [0.717, 1.165) is 31.0 Å². The number of anilines is 1. The van der Waals surface area contributed by atoms with Crippen molar-refractivity contribution in [3.05, 3.63) is 58.7 Å². The molecule has 0 spiro atoms. The van der Waals surface area contributed by atoms with E-state index in [-0.39, 0.29) is 11.9 Å². The number of hydrogen-bond donors (Lipinski definition) is 2. The van der Waals surface area contributed by atoms with Crippen LogP contribution in [-0.2, 0) is 4.79 Å². The van der Waals surface area contributed by atoms with Gasteiger partial charge in [-0.2, -0.15) is 0 Å². The number of nitrogens with zero attached hydrogens (tertiary/aromatic N) is 3. The summed E-state index contributed by atoms with van der Waals surface area (Å²) >= 11 is 0. The SMILES string of the molecule is [C-]#[N+]C1=CCC(C(=O)Nc2ccc(C3CCC(N4CCN(CC)CC4)CC3)cc2C2=CCC(C)(C)CC2)N1. The van der Waals surface area contributed by atoms with Crippen molar-refractivity contribution in [2.75, 3.05) is 38.0 Å². The van der Waals surface area contributed by atoms with Gasteiger partial charge < -0.3 is 20.4 Å². The molecule has 1 amide bonds. The van der Waals surface area contributed by atoms with Crippen molar-refractivity contribution in [2.24, 2.45) is 5.41 Å². The Morgan fingerprint density at radius 3 is 2.53 bits per heavy atom. The molecule has 38 heavy (non-hydrogen) atoms. The van der Waals surface area contributed by atoms with Crippen molar-refractivity contribution in [1.29, 1.82) is 0 Å². The van der Waals surface area contributed by atoms with Gasteiger partial charge in [-0.3, -0.25) is 9.69 Å². The Balaban J connectivity index is 1.29. The molecule has 1 saturated heterocycles. The average molecular weight is 516 g/mol. The van der Waals surface area contributed by atoms with Gasteiger partial charge in [0, 0.05) is 49.9 Å². The van der Waals surface area contributed by atoms with Crippen LogP contribution in [0.5, 0.6) is 0 Å². The van der Waals surface area contributed by atoms with E-state index in [1.54, 1.807) is 0 Å². The van der Waals surface area contributed by atoms with Gasteiger partial charge in [-0.15, -0.1) is 0 Å².